The van der Waals surface area contributed by atoms with E-state index in [-0.39, 0.29) is 24.0 Å². The lowest BCUT2D eigenvalue weighted by Gasteiger charge is -2.23. The van der Waals surface area contributed by atoms with E-state index < -0.39 is 0 Å². The summed E-state index contributed by atoms with van der Waals surface area (Å²) in [5, 5.41) is 12.2. The van der Waals surface area contributed by atoms with Crippen LogP contribution in [-0.2, 0) is 13.1 Å². The SMILES string of the molecule is CN=C(NCc1ccc(C#N)cc1)N(C)Cc1cc(OC)c(OC)cc1C.I. The van der Waals surface area contributed by atoms with Crippen molar-refractivity contribution in [1.29, 1.82) is 5.26 Å². The number of aliphatic imine (C=N–C) groups is 1. The van der Waals surface area contributed by atoms with E-state index >= 15 is 0 Å². The van der Waals surface area contributed by atoms with Gasteiger partial charge in [-0.15, -0.1) is 24.0 Å². The van der Waals surface area contributed by atoms with Gasteiger partial charge in [0, 0.05) is 27.2 Å². The summed E-state index contributed by atoms with van der Waals surface area (Å²) in [6, 6.07) is 13.6. The molecule has 2 aromatic carbocycles. The number of hydrogen-bond donors (Lipinski definition) is 1. The maximum Gasteiger partial charge on any atom is 0.193 e. The summed E-state index contributed by atoms with van der Waals surface area (Å²) < 4.78 is 10.8. The smallest absolute Gasteiger partial charge is 0.193 e. The van der Waals surface area contributed by atoms with Gasteiger partial charge in [0.15, 0.2) is 17.5 Å². The molecule has 0 aliphatic carbocycles. The van der Waals surface area contributed by atoms with Crippen molar-refractivity contribution >= 4 is 29.9 Å². The van der Waals surface area contributed by atoms with Gasteiger partial charge in [-0.3, -0.25) is 4.99 Å². The number of nitriles is 1. The lowest BCUT2D eigenvalue weighted by molar-refractivity contribution is 0.353. The first-order valence-corrected chi connectivity index (χ1v) is 8.64. The van der Waals surface area contributed by atoms with Gasteiger partial charge in [0.25, 0.3) is 0 Å². The summed E-state index contributed by atoms with van der Waals surface area (Å²) in [6.45, 7) is 3.37. The van der Waals surface area contributed by atoms with Gasteiger partial charge in [-0.1, -0.05) is 12.1 Å². The molecule has 2 rings (SSSR count). The molecule has 0 radical (unpaired) electrons. The normalized spacial score (nSPS) is 10.5. The molecule has 0 aliphatic heterocycles. The van der Waals surface area contributed by atoms with Crippen molar-refractivity contribution in [3.05, 3.63) is 58.7 Å². The minimum atomic E-state index is 0. The monoisotopic (exact) mass is 494 g/mol. The number of guanidine groups is 1. The van der Waals surface area contributed by atoms with Crippen LogP contribution >= 0.6 is 24.0 Å². The van der Waals surface area contributed by atoms with Gasteiger partial charge in [0.1, 0.15) is 0 Å². The van der Waals surface area contributed by atoms with E-state index in [1.807, 2.05) is 43.4 Å². The summed E-state index contributed by atoms with van der Waals surface area (Å²) in [4.78, 5) is 6.42. The largest absolute Gasteiger partial charge is 0.493 e. The number of nitrogens with one attached hydrogen (secondary N) is 1. The Labute approximate surface area is 184 Å². The fourth-order valence-corrected chi connectivity index (χ4v) is 2.79. The van der Waals surface area contributed by atoms with Crippen LogP contribution in [0, 0.1) is 18.3 Å². The highest BCUT2D eigenvalue weighted by atomic mass is 127. The van der Waals surface area contributed by atoms with Gasteiger partial charge < -0.3 is 19.7 Å². The molecule has 28 heavy (non-hydrogen) atoms. The molecular weight excluding hydrogens is 467 g/mol. The Morgan fingerprint density at radius 1 is 1.14 bits per heavy atom. The summed E-state index contributed by atoms with van der Waals surface area (Å²) in [7, 11) is 7.03. The van der Waals surface area contributed by atoms with Crippen LogP contribution in [0.25, 0.3) is 0 Å². The minimum absolute atomic E-state index is 0. The van der Waals surface area contributed by atoms with Crippen molar-refractivity contribution < 1.29 is 9.47 Å². The second-order valence-corrected chi connectivity index (χ2v) is 6.20. The average molecular weight is 494 g/mol. The van der Waals surface area contributed by atoms with Crippen molar-refractivity contribution in [2.75, 3.05) is 28.3 Å². The summed E-state index contributed by atoms with van der Waals surface area (Å²) >= 11 is 0. The number of benzene rings is 2. The number of nitrogens with zero attached hydrogens (tertiary/aromatic N) is 3. The van der Waals surface area contributed by atoms with E-state index in [1.165, 1.54) is 0 Å². The van der Waals surface area contributed by atoms with Crippen LogP contribution < -0.4 is 14.8 Å². The Kier molecular flexibility index (Phi) is 9.59. The third-order valence-corrected chi connectivity index (χ3v) is 4.36. The molecule has 1 N–H and O–H groups in total. The number of aryl methyl sites for hydroxylation is 1. The predicted molar refractivity (Wildman–Crippen MR) is 123 cm³/mol. The molecule has 0 aliphatic rings. The van der Waals surface area contributed by atoms with Crippen molar-refractivity contribution in [1.82, 2.24) is 10.2 Å². The van der Waals surface area contributed by atoms with Crippen LogP contribution in [-0.4, -0.2) is 39.2 Å². The molecule has 0 amide bonds. The summed E-state index contributed by atoms with van der Waals surface area (Å²) in [6.07, 6.45) is 0. The molecule has 0 spiro atoms. The second kappa shape index (κ2) is 11.4. The average Bonchev–Trinajstić information content (AvgIpc) is 2.70. The molecule has 2 aromatic rings. The van der Waals surface area contributed by atoms with Crippen molar-refractivity contribution in [2.24, 2.45) is 4.99 Å². The molecule has 7 heteroatoms. The third-order valence-electron chi connectivity index (χ3n) is 4.36. The molecule has 0 saturated carbocycles. The number of halogens is 1. The highest BCUT2D eigenvalue weighted by molar-refractivity contribution is 14.0. The Morgan fingerprint density at radius 2 is 1.75 bits per heavy atom. The van der Waals surface area contributed by atoms with Gasteiger partial charge in [0.2, 0.25) is 0 Å². The van der Waals surface area contributed by atoms with Crippen LogP contribution in [0.5, 0.6) is 11.5 Å². The zero-order valence-electron chi connectivity index (χ0n) is 16.9. The minimum Gasteiger partial charge on any atom is -0.493 e. The lowest BCUT2D eigenvalue weighted by Crippen LogP contribution is -2.38. The molecule has 0 atom stereocenters. The quantitative estimate of drug-likeness (QED) is 0.377. The van der Waals surface area contributed by atoms with E-state index in [0.29, 0.717) is 24.4 Å². The zero-order chi connectivity index (χ0) is 19.8. The number of methoxy groups -OCH3 is 2. The van der Waals surface area contributed by atoms with Gasteiger partial charge in [-0.05, 0) is 47.9 Å². The highest BCUT2D eigenvalue weighted by Crippen LogP contribution is 2.30. The Balaban J connectivity index is 0.00000392. The van der Waals surface area contributed by atoms with Gasteiger partial charge >= 0.3 is 0 Å². The Bertz CT molecular complexity index is 845. The summed E-state index contributed by atoms with van der Waals surface area (Å²) in [5.41, 5.74) is 4.01. The molecule has 150 valence electrons. The second-order valence-electron chi connectivity index (χ2n) is 6.20. The van der Waals surface area contributed by atoms with Crippen molar-refractivity contribution in [3.63, 3.8) is 0 Å². The van der Waals surface area contributed by atoms with Gasteiger partial charge in [-0.2, -0.15) is 5.26 Å². The van der Waals surface area contributed by atoms with Crippen molar-refractivity contribution in [3.8, 4) is 17.6 Å². The molecular formula is C21H27IN4O2. The molecule has 0 bridgehead atoms. The standard InChI is InChI=1S/C21H26N4O2.HI/c1-15-10-19(26-4)20(27-5)11-18(15)14-25(3)21(23-2)24-13-17-8-6-16(12-22)7-9-17;/h6-11H,13-14H2,1-5H3,(H,23,24);1H. The number of ether oxygens (including phenoxy) is 2. The third kappa shape index (κ3) is 6.02. The van der Waals surface area contributed by atoms with E-state index in [4.69, 9.17) is 14.7 Å². The molecule has 0 unspecified atom stereocenters. The van der Waals surface area contributed by atoms with E-state index in [9.17, 15) is 0 Å². The van der Waals surface area contributed by atoms with Crippen molar-refractivity contribution in [2.45, 2.75) is 20.0 Å². The molecule has 0 saturated heterocycles. The Hall–Kier alpha value is -2.47. The van der Waals surface area contributed by atoms with Crippen LogP contribution in [0.3, 0.4) is 0 Å². The summed E-state index contributed by atoms with van der Waals surface area (Å²) in [5.74, 6) is 2.23. The van der Waals surface area contributed by atoms with E-state index in [2.05, 4.69) is 28.2 Å². The van der Waals surface area contributed by atoms with Crippen LogP contribution in [0.1, 0.15) is 22.3 Å². The molecule has 0 aromatic heterocycles. The number of rotatable bonds is 6. The van der Waals surface area contributed by atoms with Crippen LogP contribution in [0.4, 0.5) is 0 Å². The van der Waals surface area contributed by atoms with Gasteiger partial charge in [0.05, 0.1) is 25.9 Å². The molecule has 6 nitrogen and oxygen atoms in total. The van der Waals surface area contributed by atoms with Gasteiger partial charge in [-0.25, -0.2) is 0 Å². The lowest BCUT2D eigenvalue weighted by atomic mass is 10.1. The van der Waals surface area contributed by atoms with Crippen LogP contribution in [0.2, 0.25) is 0 Å². The first kappa shape index (κ1) is 23.6. The highest BCUT2D eigenvalue weighted by Gasteiger charge is 2.12. The maximum absolute atomic E-state index is 8.88. The Morgan fingerprint density at radius 3 is 2.29 bits per heavy atom. The topological polar surface area (TPSA) is 69.9 Å². The fourth-order valence-electron chi connectivity index (χ4n) is 2.79. The zero-order valence-corrected chi connectivity index (χ0v) is 19.3. The van der Waals surface area contributed by atoms with Crippen LogP contribution in [0.15, 0.2) is 41.4 Å². The fraction of sp³-hybridized carbons (Fsp3) is 0.333. The molecule has 0 heterocycles. The maximum atomic E-state index is 8.88. The first-order chi connectivity index (χ1) is 13.0. The first-order valence-electron chi connectivity index (χ1n) is 8.64. The van der Waals surface area contributed by atoms with E-state index in [0.717, 1.165) is 28.4 Å². The van der Waals surface area contributed by atoms with E-state index in [1.54, 1.807) is 21.3 Å². The molecule has 0 fully saturated rings. The number of hydrogen-bond acceptors (Lipinski definition) is 4. The predicted octanol–water partition coefficient (Wildman–Crippen LogP) is 3.71.